The van der Waals surface area contributed by atoms with Crippen LogP contribution in [-0.4, -0.2) is 25.3 Å². The molecule has 0 amide bonds. The second kappa shape index (κ2) is 6.30. The van der Waals surface area contributed by atoms with Crippen molar-refractivity contribution in [2.45, 2.75) is 38.8 Å². The number of ether oxygens (including phenoxy) is 1. The first-order chi connectivity index (χ1) is 8.66. The topological polar surface area (TPSA) is 21.3 Å². The average molecular weight is 251 g/mol. The zero-order valence-electron chi connectivity index (χ0n) is 11.2. The Balaban J connectivity index is 2.03. The van der Waals surface area contributed by atoms with Gasteiger partial charge in [0.05, 0.1) is 6.61 Å². The summed E-state index contributed by atoms with van der Waals surface area (Å²) in [6.45, 7) is 5.82. The molecule has 1 N–H and O–H groups in total. The Bertz CT molecular complexity index is 381. The Morgan fingerprint density at radius 2 is 2.17 bits per heavy atom. The highest BCUT2D eigenvalue weighted by Gasteiger charge is 2.26. The average Bonchev–Trinajstić information content (AvgIpc) is 2.34. The molecule has 18 heavy (non-hydrogen) atoms. The molecule has 0 saturated carbocycles. The highest BCUT2D eigenvalue weighted by Crippen LogP contribution is 2.21. The molecule has 0 unspecified atom stereocenters. The van der Waals surface area contributed by atoms with Gasteiger partial charge >= 0.3 is 0 Å². The predicted octanol–water partition coefficient (Wildman–Crippen LogP) is 2.77. The first-order valence-electron chi connectivity index (χ1n) is 6.74. The summed E-state index contributed by atoms with van der Waals surface area (Å²) in [6.07, 6.45) is 1.76. The second-order valence-corrected chi connectivity index (χ2v) is 5.35. The van der Waals surface area contributed by atoms with Crippen LogP contribution in [0.4, 0.5) is 4.39 Å². The van der Waals surface area contributed by atoms with Gasteiger partial charge in [0.25, 0.3) is 0 Å². The van der Waals surface area contributed by atoms with Crippen LogP contribution in [0.25, 0.3) is 0 Å². The Morgan fingerprint density at radius 3 is 2.89 bits per heavy atom. The Labute approximate surface area is 109 Å². The largest absolute Gasteiger partial charge is 0.381 e. The quantitative estimate of drug-likeness (QED) is 0.888. The maximum atomic E-state index is 13.7. The Kier molecular flexibility index (Phi) is 4.72. The molecule has 0 aromatic heterocycles. The van der Waals surface area contributed by atoms with Gasteiger partial charge in [-0.05, 0) is 24.5 Å². The van der Waals surface area contributed by atoms with Crippen LogP contribution >= 0.6 is 0 Å². The van der Waals surface area contributed by atoms with Gasteiger partial charge in [-0.1, -0.05) is 32.0 Å². The van der Waals surface area contributed by atoms with Gasteiger partial charge in [-0.3, -0.25) is 0 Å². The van der Waals surface area contributed by atoms with E-state index < -0.39 is 0 Å². The van der Waals surface area contributed by atoms with Crippen molar-refractivity contribution < 1.29 is 9.13 Å². The van der Waals surface area contributed by atoms with E-state index in [4.69, 9.17) is 4.74 Å². The summed E-state index contributed by atoms with van der Waals surface area (Å²) in [5.74, 6) is 0.254. The lowest BCUT2D eigenvalue weighted by atomic mass is 9.89. The molecule has 2 nitrogen and oxygen atoms in total. The predicted molar refractivity (Wildman–Crippen MR) is 71.1 cm³/mol. The van der Waals surface area contributed by atoms with Gasteiger partial charge in [-0.15, -0.1) is 0 Å². The highest BCUT2D eigenvalue weighted by molar-refractivity contribution is 5.18. The molecular weight excluding hydrogens is 229 g/mol. The number of benzene rings is 1. The second-order valence-electron chi connectivity index (χ2n) is 5.35. The Hall–Kier alpha value is -0.930. The van der Waals surface area contributed by atoms with E-state index in [-0.39, 0.29) is 5.82 Å². The molecule has 100 valence electrons. The lowest BCUT2D eigenvalue weighted by Gasteiger charge is -2.33. The molecule has 3 heteroatoms. The first-order valence-corrected chi connectivity index (χ1v) is 6.74. The number of nitrogens with one attached hydrogen (secondary N) is 1. The van der Waals surface area contributed by atoms with E-state index in [1.54, 1.807) is 6.07 Å². The summed E-state index contributed by atoms with van der Waals surface area (Å²) >= 11 is 0. The number of halogens is 1. The summed E-state index contributed by atoms with van der Waals surface area (Å²) in [7, 11) is 0. The van der Waals surface area contributed by atoms with Crippen molar-refractivity contribution >= 4 is 0 Å². The number of rotatable bonds is 4. The molecule has 0 aliphatic carbocycles. The minimum atomic E-state index is -0.105. The SMILES string of the molecule is CC(C)N[C@H]1CCOC[C@@H]1Cc1ccccc1F. The van der Waals surface area contributed by atoms with Crippen LogP contribution < -0.4 is 5.32 Å². The maximum absolute atomic E-state index is 13.7. The minimum Gasteiger partial charge on any atom is -0.381 e. The zero-order valence-corrected chi connectivity index (χ0v) is 11.2. The molecule has 1 aliphatic rings. The molecule has 1 aromatic carbocycles. The molecule has 1 aliphatic heterocycles. The third kappa shape index (κ3) is 3.53. The number of hydrogen-bond acceptors (Lipinski definition) is 2. The fraction of sp³-hybridized carbons (Fsp3) is 0.600. The van der Waals surface area contributed by atoms with Gasteiger partial charge in [0.2, 0.25) is 0 Å². The lowest BCUT2D eigenvalue weighted by Crippen LogP contribution is -2.46. The van der Waals surface area contributed by atoms with E-state index in [2.05, 4.69) is 19.2 Å². The van der Waals surface area contributed by atoms with Crippen LogP contribution in [0.15, 0.2) is 24.3 Å². The molecule has 1 saturated heterocycles. The van der Waals surface area contributed by atoms with Crippen molar-refractivity contribution in [3.05, 3.63) is 35.6 Å². The van der Waals surface area contributed by atoms with Gasteiger partial charge in [0, 0.05) is 24.6 Å². The first kappa shape index (κ1) is 13.5. The standard InChI is InChI=1S/C15H22FNO/c1-11(2)17-15-7-8-18-10-13(15)9-12-5-3-4-6-14(12)16/h3-6,11,13,15,17H,7-10H2,1-2H3/t13-,15-/m0/s1. The van der Waals surface area contributed by atoms with Gasteiger partial charge in [-0.2, -0.15) is 0 Å². The molecular formula is C15H22FNO. The van der Waals surface area contributed by atoms with Crippen LogP contribution in [0.5, 0.6) is 0 Å². The summed E-state index contributed by atoms with van der Waals surface area (Å²) in [5, 5.41) is 3.57. The minimum absolute atomic E-state index is 0.105. The van der Waals surface area contributed by atoms with E-state index in [0.717, 1.165) is 31.6 Å². The van der Waals surface area contributed by atoms with Crippen molar-refractivity contribution in [3.63, 3.8) is 0 Å². The van der Waals surface area contributed by atoms with Crippen LogP contribution in [0.3, 0.4) is 0 Å². The highest BCUT2D eigenvalue weighted by atomic mass is 19.1. The fourth-order valence-electron chi connectivity index (χ4n) is 2.59. The molecule has 0 bridgehead atoms. The van der Waals surface area contributed by atoms with Crippen molar-refractivity contribution in [1.29, 1.82) is 0 Å². The van der Waals surface area contributed by atoms with Crippen molar-refractivity contribution in [3.8, 4) is 0 Å². The summed E-state index contributed by atoms with van der Waals surface area (Å²) < 4.78 is 19.2. The third-order valence-electron chi connectivity index (χ3n) is 3.46. The van der Waals surface area contributed by atoms with Gasteiger partial charge in [0.15, 0.2) is 0 Å². The summed E-state index contributed by atoms with van der Waals surface area (Å²) in [4.78, 5) is 0. The van der Waals surface area contributed by atoms with Crippen LogP contribution in [-0.2, 0) is 11.2 Å². The summed E-state index contributed by atoms with van der Waals surface area (Å²) in [5.41, 5.74) is 0.795. The third-order valence-corrected chi connectivity index (χ3v) is 3.46. The fourth-order valence-corrected chi connectivity index (χ4v) is 2.59. The van der Waals surface area contributed by atoms with Crippen LogP contribution in [0.2, 0.25) is 0 Å². The van der Waals surface area contributed by atoms with E-state index in [1.165, 1.54) is 6.07 Å². The van der Waals surface area contributed by atoms with Gasteiger partial charge in [-0.25, -0.2) is 4.39 Å². The van der Waals surface area contributed by atoms with E-state index >= 15 is 0 Å². The van der Waals surface area contributed by atoms with Crippen LogP contribution in [0, 0.1) is 11.7 Å². The lowest BCUT2D eigenvalue weighted by molar-refractivity contribution is 0.0297. The van der Waals surface area contributed by atoms with Gasteiger partial charge < -0.3 is 10.1 Å². The molecule has 1 heterocycles. The molecule has 0 spiro atoms. The van der Waals surface area contributed by atoms with E-state index in [0.29, 0.717) is 18.0 Å². The van der Waals surface area contributed by atoms with Crippen molar-refractivity contribution in [2.75, 3.05) is 13.2 Å². The molecule has 1 aromatic rings. The molecule has 0 radical (unpaired) electrons. The van der Waals surface area contributed by atoms with Crippen molar-refractivity contribution in [2.24, 2.45) is 5.92 Å². The molecule has 2 rings (SSSR count). The smallest absolute Gasteiger partial charge is 0.126 e. The van der Waals surface area contributed by atoms with E-state index in [9.17, 15) is 4.39 Å². The van der Waals surface area contributed by atoms with E-state index in [1.807, 2.05) is 12.1 Å². The van der Waals surface area contributed by atoms with Gasteiger partial charge in [0.1, 0.15) is 5.82 Å². The normalized spacial score (nSPS) is 24.4. The summed E-state index contributed by atoms with van der Waals surface area (Å²) in [6, 6.07) is 7.92. The Morgan fingerprint density at radius 1 is 1.39 bits per heavy atom. The zero-order chi connectivity index (χ0) is 13.0. The number of hydrogen-bond donors (Lipinski definition) is 1. The molecule has 1 fully saturated rings. The monoisotopic (exact) mass is 251 g/mol. The van der Waals surface area contributed by atoms with Crippen molar-refractivity contribution in [1.82, 2.24) is 5.32 Å². The maximum Gasteiger partial charge on any atom is 0.126 e. The molecule has 2 atom stereocenters. The van der Waals surface area contributed by atoms with Crippen LogP contribution in [0.1, 0.15) is 25.8 Å².